The molecular formula is C23H28N8. The standard InChI is InChI=1S/C23H28N8/c1-16(17-5-6-27-23(13-17)31-9-7-26-8-10-31)29-22-12-20-11-18(21(24)15-30(2)25)3-4-19(20)14-28-22/h3-6,11-15,26H,1,7-10,24-25H2,2H3,(H,28,29)/b21-15-. The monoisotopic (exact) mass is 416 g/mol. The highest BCUT2D eigenvalue weighted by Gasteiger charge is 2.13. The average molecular weight is 417 g/mol. The van der Waals surface area contributed by atoms with Crippen LogP contribution in [0.25, 0.3) is 22.2 Å². The fourth-order valence-electron chi connectivity index (χ4n) is 3.58. The number of benzene rings is 1. The average Bonchev–Trinajstić information content (AvgIpc) is 2.79. The lowest BCUT2D eigenvalue weighted by Gasteiger charge is -2.28. The van der Waals surface area contributed by atoms with Gasteiger partial charge in [-0.05, 0) is 35.2 Å². The number of hydrogen-bond donors (Lipinski definition) is 4. The van der Waals surface area contributed by atoms with E-state index in [4.69, 9.17) is 11.6 Å². The molecule has 160 valence electrons. The Labute approximate surface area is 182 Å². The maximum atomic E-state index is 6.14. The molecule has 3 heterocycles. The van der Waals surface area contributed by atoms with Crippen LogP contribution in [0.1, 0.15) is 11.1 Å². The summed E-state index contributed by atoms with van der Waals surface area (Å²) >= 11 is 0. The Hall–Kier alpha value is -3.62. The van der Waals surface area contributed by atoms with E-state index < -0.39 is 0 Å². The molecular weight excluding hydrogens is 388 g/mol. The highest BCUT2D eigenvalue weighted by molar-refractivity contribution is 5.88. The van der Waals surface area contributed by atoms with E-state index in [9.17, 15) is 0 Å². The third-order valence-electron chi connectivity index (χ3n) is 5.21. The minimum atomic E-state index is 0.597. The van der Waals surface area contributed by atoms with Crippen LogP contribution in [0.2, 0.25) is 0 Å². The van der Waals surface area contributed by atoms with Crippen molar-refractivity contribution in [3.63, 3.8) is 0 Å². The second-order valence-corrected chi connectivity index (χ2v) is 7.62. The molecule has 0 spiro atoms. The van der Waals surface area contributed by atoms with Crippen LogP contribution in [0, 0.1) is 0 Å². The molecule has 0 saturated carbocycles. The van der Waals surface area contributed by atoms with E-state index in [2.05, 4.69) is 38.1 Å². The minimum absolute atomic E-state index is 0.597. The summed E-state index contributed by atoms with van der Waals surface area (Å²) < 4.78 is 0. The van der Waals surface area contributed by atoms with Crippen molar-refractivity contribution in [2.24, 2.45) is 11.6 Å². The Bertz CT molecular complexity index is 1120. The summed E-state index contributed by atoms with van der Waals surface area (Å²) in [7, 11) is 1.73. The smallest absolute Gasteiger partial charge is 0.130 e. The molecule has 0 unspecified atom stereocenters. The third kappa shape index (κ3) is 4.93. The van der Waals surface area contributed by atoms with Crippen LogP contribution in [-0.2, 0) is 0 Å². The number of nitrogens with zero attached hydrogens (tertiary/aromatic N) is 4. The van der Waals surface area contributed by atoms with E-state index in [-0.39, 0.29) is 0 Å². The number of hydrazine groups is 1. The fraction of sp³-hybridized carbons (Fsp3) is 0.217. The highest BCUT2D eigenvalue weighted by atomic mass is 15.4. The van der Waals surface area contributed by atoms with Gasteiger partial charge in [0.25, 0.3) is 0 Å². The molecule has 0 aliphatic carbocycles. The van der Waals surface area contributed by atoms with Crippen molar-refractivity contribution < 1.29 is 0 Å². The van der Waals surface area contributed by atoms with Gasteiger partial charge < -0.3 is 26.3 Å². The van der Waals surface area contributed by atoms with Gasteiger partial charge >= 0.3 is 0 Å². The summed E-state index contributed by atoms with van der Waals surface area (Å²) in [6.45, 7) is 8.04. The number of hydrogen-bond acceptors (Lipinski definition) is 8. The maximum Gasteiger partial charge on any atom is 0.130 e. The summed E-state index contributed by atoms with van der Waals surface area (Å²) in [5.74, 6) is 7.35. The van der Waals surface area contributed by atoms with Crippen molar-refractivity contribution in [2.45, 2.75) is 0 Å². The highest BCUT2D eigenvalue weighted by Crippen LogP contribution is 2.24. The zero-order chi connectivity index (χ0) is 21.8. The SMILES string of the molecule is C=C(Nc1cc2cc(/C(N)=C/N(C)N)ccc2cn1)c1ccnc(N2CCNCC2)c1. The molecule has 1 aromatic carbocycles. The van der Waals surface area contributed by atoms with E-state index in [0.29, 0.717) is 11.5 Å². The number of fused-ring (bicyclic) bond motifs is 1. The topological polar surface area (TPSA) is 108 Å². The van der Waals surface area contributed by atoms with Gasteiger partial charge in [0.2, 0.25) is 0 Å². The van der Waals surface area contributed by atoms with E-state index in [1.54, 1.807) is 13.2 Å². The lowest BCUT2D eigenvalue weighted by molar-refractivity contribution is 0.486. The Kier molecular flexibility index (Phi) is 6.01. The van der Waals surface area contributed by atoms with Crippen LogP contribution in [0.4, 0.5) is 11.6 Å². The molecule has 0 bridgehead atoms. The molecule has 0 radical (unpaired) electrons. The predicted molar refractivity (Wildman–Crippen MR) is 128 cm³/mol. The molecule has 8 nitrogen and oxygen atoms in total. The van der Waals surface area contributed by atoms with Crippen molar-refractivity contribution in [3.8, 4) is 0 Å². The minimum Gasteiger partial charge on any atom is -0.397 e. The summed E-state index contributed by atoms with van der Waals surface area (Å²) in [5, 5.41) is 10.2. The summed E-state index contributed by atoms with van der Waals surface area (Å²) in [6.07, 6.45) is 5.34. The van der Waals surface area contributed by atoms with Gasteiger partial charge in [-0.1, -0.05) is 18.7 Å². The Morgan fingerprint density at radius 2 is 1.94 bits per heavy atom. The molecule has 3 aromatic rings. The molecule has 1 aliphatic rings. The molecule has 1 saturated heterocycles. The van der Waals surface area contributed by atoms with Crippen LogP contribution in [0.3, 0.4) is 0 Å². The Morgan fingerprint density at radius 1 is 1.13 bits per heavy atom. The molecule has 8 heteroatoms. The van der Waals surface area contributed by atoms with Gasteiger partial charge in [-0.25, -0.2) is 15.8 Å². The van der Waals surface area contributed by atoms with Crippen LogP contribution in [0.5, 0.6) is 0 Å². The van der Waals surface area contributed by atoms with Gasteiger partial charge in [0.1, 0.15) is 11.6 Å². The van der Waals surface area contributed by atoms with Crippen molar-refractivity contribution >= 4 is 33.8 Å². The number of nitrogens with one attached hydrogen (secondary N) is 2. The molecule has 31 heavy (non-hydrogen) atoms. The lowest BCUT2D eigenvalue weighted by Crippen LogP contribution is -2.43. The van der Waals surface area contributed by atoms with Crippen molar-refractivity contribution in [1.82, 2.24) is 20.3 Å². The first-order chi connectivity index (χ1) is 15.0. The second kappa shape index (κ2) is 9.03. The summed E-state index contributed by atoms with van der Waals surface area (Å²) in [5.41, 5.74) is 9.39. The van der Waals surface area contributed by atoms with Crippen molar-refractivity contribution in [1.29, 1.82) is 0 Å². The van der Waals surface area contributed by atoms with E-state index in [0.717, 1.165) is 59.6 Å². The number of piperazine rings is 1. The van der Waals surface area contributed by atoms with Crippen LogP contribution >= 0.6 is 0 Å². The number of rotatable bonds is 6. The van der Waals surface area contributed by atoms with Crippen molar-refractivity contribution in [3.05, 3.63) is 72.7 Å². The fourth-order valence-corrected chi connectivity index (χ4v) is 3.58. The Balaban J connectivity index is 1.54. The molecule has 0 amide bonds. The van der Waals surface area contributed by atoms with E-state index in [1.807, 2.05) is 42.7 Å². The summed E-state index contributed by atoms with van der Waals surface area (Å²) in [6, 6.07) is 12.0. The largest absolute Gasteiger partial charge is 0.397 e. The molecule has 6 N–H and O–H groups in total. The van der Waals surface area contributed by atoms with Crippen molar-refractivity contribution in [2.75, 3.05) is 43.4 Å². The van der Waals surface area contributed by atoms with Crippen LogP contribution < -0.4 is 27.1 Å². The van der Waals surface area contributed by atoms with Gasteiger partial charge in [0.05, 0.1) is 5.70 Å². The number of aromatic nitrogens is 2. The van der Waals surface area contributed by atoms with Crippen LogP contribution in [0.15, 0.2) is 61.6 Å². The predicted octanol–water partition coefficient (Wildman–Crippen LogP) is 2.18. The molecule has 4 rings (SSSR count). The second-order valence-electron chi connectivity index (χ2n) is 7.62. The first kappa shape index (κ1) is 20.6. The maximum absolute atomic E-state index is 6.14. The summed E-state index contributed by atoms with van der Waals surface area (Å²) in [4.78, 5) is 11.3. The van der Waals surface area contributed by atoms with Gasteiger partial charge in [-0.3, -0.25) is 0 Å². The zero-order valence-electron chi connectivity index (χ0n) is 17.7. The lowest BCUT2D eigenvalue weighted by atomic mass is 10.1. The van der Waals surface area contributed by atoms with Crippen LogP contribution in [-0.4, -0.2) is 48.2 Å². The van der Waals surface area contributed by atoms with Gasteiger partial charge in [-0.2, -0.15) is 0 Å². The van der Waals surface area contributed by atoms with Gasteiger partial charge in [0, 0.05) is 68.5 Å². The quantitative estimate of drug-likeness (QED) is 0.358. The first-order valence-corrected chi connectivity index (χ1v) is 10.2. The molecule has 0 atom stereocenters. The van der Waals surface area contributed by atoms with Gasteiger partial charge in [0.15, 0.2) is 0 Å². The Morgan fingerprint density at radius 3 is 2.71 bits per heavy atom. The first-order valence-electron chi connectivity index (χ1n) is 10.2. The number of anilines is 2. The number of nitrogens with two attached hydrogens (primary N) is 2. The molecule has 1 aliphatic heterocycles. The normalized spacial score (nSPS) is 14.5. The van der Waals surface area contributed by atoms with E-state index >= 15 is 0 Å². The van der Waals surface area contributed by atoms with Gasteiger partial charge in [-0.15, -0.1) is 0 Å². The molecule has 1 fully saturated rings. The molecule has 2 aromatic heterocycles. The third-order valence-corrected chi connectivity index (χ3v) is 5.21. The van der Waals surface area contributed by atoms with E-state index in [1.165, 1.54) is 5.01 Å². The zero-order valence-corrected chi connectivity index (χ0v) is 17.7. The number of pyridine rings is 2.